The molecule has 0 radical (unpaired) electrons. The number of aryl methyl sites for hydroxylation is 1. The molecule has 1 aliphatic heterocycles. The average molecular weight is 342 g/mol. The van der Waals surface area contributed by atoms with Gasteiger partial charge in [-0.1, -0.05) is 12.1 Å². The fourth-order valence-electron chi connectivity index (χ4n) is 3.17. The van der Waals surface area contributed by atoms with Crippen molar-refractivity contribution in [1.29, 1.82) is 0 Å². The molecular formula is C18H19FN4O2. The second-order valence-electron chi connectivity index (χ2n) is 6.70. The molecule has 1 saturated carbocycles. The van der Waals surface area contributed by atoms with Crippen molar-refractivity contribution in [2.24, 2.45) is 7.05 Å². The van der Waals surface area contributed by atoms with E-state index in [4.69, 9.17) is 0 Å². The normalized spacial score (nSPS) is 16.0. The van der Waals surface area contributed by atoms with E-state index in [1.165, 1.54) is 12.1 Å². The number of carbonyl (C=O) groups is 2. The van der Waals surface area contributed by atoms with Crippen LogP contribution in [0.25, 0.3) is 0 Å². The van der Waals surface area contributed by atoms with Crippen LogP contribution in [-0.4, -0.2) is 32.5 Å². The van der Waals surface area contributed by atoms with E-state index < -0.39 is 0 Å². The maximum atomic E-state index is 13.3. The average Bonchev–Trinajstić information content (AvgIpc) is 3.17. The molecule has 130 valence electrons. The summed E-state index contributed by atoms with van der Waals surface area (Å²) in [5.41, 5.74) is 2.75. The van der Waals surface area contributed by atoms with Gasteiger partial charge in [0.25, 0.3) is 5.91 Å². The minimum Gasteiger partial charge on any atom is -0.348 e. The molecule has 0 spiro atoms. The number of nitrogens with zero attached hydrogens (tertiary/aromatic N) is 3. The van der Waals surface area contributed by atoms with Crippen LogP contribution in [0.5, 0.6) is 0 Å². The van der Waals surface area contributed by atoms with Gasteiger partial charge in [0.1, 0.15) is 5.82 Å². The van der Waals surface area contributed by atoms with E-state index in [2.05, 4.69) is 10.4 Å². The topological polar surface area (TPSA) is 67.2 Å². The third kappa shape index (κ3) is 3.14. The van der Waals surface area contributed by atoms with Crippen LogP contribution in [-0.2, 0) is 31.4 Å². The zero-order valence-corrected chi connectivity index (χ0v) is 14.0. The highest BCUT2D eigenvalue weighted by atomic mass is 19.1. The van der Waals surface area contributed by atoms with Crippen molar-refractivity contribution in [2.45, 2.75) is 38.4 Å². The summed E-state index contributed by atoms with van der Waals surface area (Å²) in [5, 5.41) is 7.26. The maximum absolute atomic E-state index is 13.3. The molecule has 25 heavy (non-hydrogen) atoms. The number of halogens is 1. The highest BCUT2D eigenvalue weighted by Crippen LogP contribution is 2.27. The van der Waals surface area contributed by atoms with Crippen molar-refractivity contribution in [1.82, 2.24) is 20.0 Å². The van der Waals surface area contributed by atoms with Crippen LogP contribution in [0.3, 0.4) is 0 Å². The first-order valence-electron chi connectivity index (χ1n) is 8.39. The quantitative estimate of drug-likeness (QED) is 0.916. The molecule has 0 unspecified atom stereocenters. The first-order valence-corrected chi connectivity index (χ1v) is 8.39. The number of carbonyl (C=O) groups excluding carboxylic acids is 2. The van der Waals surface area contributed by atoms with Crippen molar-refractivity contribution in [3.05, 3.63) is 52.6 Å². The zero-order valence-electron chi connectivity index (χ0n) is 14.0. The molecule has 1 aromatic carbocycles. The van der Waals surface area contributed by atoms with Crippen molar-refractivity contribution >= 4 is 11.8 Å². The van der Waals surface area contributed by atoms with Crippen LogP contribution in [0.1, 0.15) is 40.2 Å². The van der Waals surface area contributed by atoms with Gasteiger partial charge in [-0.15, -0.1) is 0 Å². The number of hydrogen-bond donors (Lipinski definition) is 1. The van der Waals surface area contributed by atoms with E-state index in [1.54, 1.807) is 28.8 Å². The predicted molar refractivity (Wildman–Crippen MR) is 88.1 cm³/mol. The Morgan fingerprint density at radius 3 is 2.84 bits per heavy atom. The number of amides is 2. The fraction of sp³-hybridized carbons (Fsp3) is 0.389. The van der Waals surface area contributed by atoms with E-state index in [0.29, 0.717) is 24.3 Å². The Hall–Kier alpha value is -2.70. The minimum atomic E-state index is -0.349. The second-order valence-corrected chi connectivity index (χ2v) is 6.70. The maximum Gasteiger partial charge on any atom is 0.272 e. The molecule has 4 rings (SSSR count). The Morgan fingerprint density at radius 2 is 2.12 bits per heavy atom. The molecule has 1 aromatic heterocycles. The minimum absolute atomic E-state index is 0.0876. The summed E-state index contributed by atoms with van der Waals surface area (Å²) in [7, 11) is 1.79. The van der Waals surface area contributed by atoms with Gasteiger partial charge < -0.3 is 10.2 Å². The summed E-state index contributed by atoms with van der Waals surface area (Å²) >= 11 is 0. The smallest absolute Gasteiger partial charge is 0.272 e. The van der Waals surface area contributed by atoms with Crippen LogP contribution in [0, 0.1) is 5.82 Å². The third-order valence-corrected chi connectivity index (χ3v) is 4.69. The van der Waals surface area contributed by atoms with Gasteiger partial charge in [-0.2, -0.15) is 5.10 Å². The van der Waals surface area contributed by atoms with Crippen LogP contribution in [0.15, 0.2) is 24.3 Å². The van der Waals surface area contributed by atoms with Crippen LogP contribution in [0.4, 0.5) is 4.39 Å². The molecule has 0 atom stereocenters. The van der Waals surface area contributed by atoms with Gasteiger partial charge in [-0.3, -0.25) is 14.3 Å². The van der Waals surface area contributed by atoms with Crippen LogP contribution >= 0.6 is 0 Å². The van der Waals surface area contributed by atoms with Crippen molar-refractivity contribution < 1.29 is 14.0 Å². The summed E-state index contributed by atoms with van der Waals surface area (Å²) in [6.45, 7) is 0.786. The highest BCUT2D eigenvalue weighted by Gasteiger charge is 2.33. The molecule has 2 heterocycles. The largest absolute Gasteiger partial charge is 0.348 e. The summed E-state index contributed by atoms with van der Waals surface area (Å²) in [4.78, 5) is 26.6. The Labute approximate surface area is 144 Å². The molecule has 6 nitrogen and oxygen atoms in total. The molecule has 7 heteroatoms. The third-order valence-electron chi connectivity index (χ3n) is 4.69. The first kappa shape index (κ1) is 15.8. The van der Waals surface area contributed by atoms with Gasteiger partial charge >= 0.3 is 0 Å². The molecular weight excluding hydrogens is 323 g/mol. The van der Waals surface area contributed by atoms with E-state index in [1.807, 2.05) is 0 Å². The van der Waals surface area contributed by atoms with Crippen molar-refractivity contribution in [3.8, 4) is 0 Å². The van der Waals surface area contributed by atoms with E-state index in [0.717, 1.165) is 24.1 Å². The van der Waals surface area contributed by atoms with Crippen LogP contribution < -0.4 is 5.32 Å². The SMILES string of the molecule is Cn1nc(C(=O)NC2CC2)c2c1CN(C(=O)Cc1cccc(F)c1)C2. The number of rotatable bonds is 4. The highest BCUT2D eigenvalue weighted by molar-refractivity contribution is 5.95. The molecule has 2 aliphatic rings. The molecule has 1 fully saturated rings. The van der Waals surface area contributed by atoms with Crippen molar-refractivity contribution in [3.63, 3.8) is 0 Å². The number of fused-ring (bicyclic) bond motifs is 1. The lowest BCUT2D eigenvalue weighted by atomic mass is 10.1. The lowest BCUT2D eigenvalue weighted by molar-refractivity contribution is -0.131. The van der Waals surface area contributed by atoms with E-state index in [9.17, 15) is 14.0 Å². The monoisotopic (exact) mass is 342 g/mol. The van der Waals surface area contributed by atoms with Gasteiger partial charge in [0, 0.05) is 18.7 Å². The Balaban J connectivity index is 1.48. The zero-order chi connectivity index (χ0) is 17.6. The Kier molecular flexibility index (Phi) is 3.78. The molecule has 1 aliphatic carbocycles. The molecule has 2 aromatic rings. The first-order chi connectivity index (χ1) is 12.0. The number of benzene rings is 1. The summed E-state index contributed by atoms with van der Waals surface area (Å²) in [5.74, 6) is -0.604. The standard InChI is InChI=1S/C18H19FN4O2/c1-22-15-10-23(16(24)8-11-3-2-4-12(19)7-11)9-14(15)17(21-22)18(25)20-13-5-6-13/h2-4,7,13H,5-6,8-10H2,1H3,(H,20,25). The second kappa shape index (κ2) is 5.98. The van der Waals surface area contributed by atoms with Crippen molar-refractivity contribution in [2.75, 3.05) is 0 Å². The summed E-state index contributed by atoms with van der Waals surface area (Å²) in [6, 6.07) is 6.33. The molecule has 2 amide bonds. The van der Waals surface area contributed by atoms with Gasteiger partial charge in [0.15, 0.2) is 5.69 Å². The number of nitrogens with one attached hydrogen (secondary N) is 1. The number of hydrogen-bond acceptors (Lipinski definition) is 3. The molecule has 0 saturated heterocycles. The number of aromatic nitrogens is 2. The lowest BCUT2D eigenvalue weighted by Crippen LogP contribution is -2.30. The summed E-state index contributed by atoms with van der Waals surface area (Å²) < 4.78 is 15.0. The fourth-order valence-corrected chi connectivity index (χ4v) is 3.17. The van der Waals surface area contributed by atoms with E-state index in [-0.39, 0.29) is 30.1 Å². The van der Waals surface area contributed by atoms with Gasteiger partial charge in [0.05, 0.1) is 25.2 Å². The van der Waals surface area contributed by atoms with Crippen LogP contribution in [0.2, 0.25) is 0 Å². The Morgan fingerprint density at radius 1 is 1.32 bits per heavy atom. The summed E-state index contributed by atoms with van der Waals surface area (Å²) in [6.07, 6.45) is 2.17. The predicted octanol–water partition coefficient (Wildman–Crippen LogP) is 1.54. The lowest BCUT2D eigenvalue weighted by Gasteiger charge is -2.16. The van der Waals surface area contributed by atoms with Gasteiger partial charge in [-0.05, 0) is 30.5 Å². The van der Waals surface area contributed by atoms with Gasteiger partial charge in [0.2, 0.25) is 5.91 Å². The molecule has 0 bridgehead atoms. The van der Waals surface area contributed by atoms with Gasteiger partial charge in [-0.25, -0.2) is 4.39 Å². The van der Waals surface area contributed by atoms with E-state index >= 15 is 0 Å². The Bertz CT molecular complexity index is 857. The molecule has 1 N–H and O–H groups in total.